The second-order valence-corrected chi connectivity index (χ2v) is 3.97. The van der Waals surface area contributed by atoms with Crippen LogP contribution in [0.1, 0.15) is 0 Å². The summed E-state index contributed by atoms with van der Waals surface area (Å²) in [6, 6.07) is 0. The number of likely N-dealkylation sites (N-methyl/N-ethyl adjacent to an activating group) is 1. The summed E-state index contributed by atoms with van der Waals surface area (Å²) in [6.07, 6.45) is 0. The molecule has 6 nitrogen and oxygen atoms in total. The number of carbonyl (C=O) groups excluding carboxylic acids is 2. The molecule has 16 heavy (non-hydrogen) atoms. The van der Waals surface area contributed by atoms with E-state index in [4.69, 9.17) is 4.74 Å². The minimum absolute atomic E-state index is 0.169. The number of hydrogen-bond acceptors (Lipinski definition) is 6. The molecule has 1 saturated heterocycles. The summed E-state index contributed by atoms with van der Waals surface area (Å²) in [5.41, 5.74) is 0. The monoisotopic (exact) mass is 230 g/mol. The van der Waals surface area contributed by atoms with Crippen LogP contribution in [0, 0.1) is 0 Å². The van der Waals surface area contributed by atoms with Crippen LogP contribution in [0.25, 0.3) is 0 Å². The van der Waals surface area contributed by atoms with Crippen molar-refractivity contribution < 1.29 is 19.1 Å². The summed E-state index contributed by atoms with van der Waals surface area (Å²) in [6.45, 7) is 2.95. The number of esters is 2. The van der Waals surface area contributed by atoms with Gasteiger partial charge in [-0.3, -0.25) is 14.5 Å². The Morgan fingerprint density at radius 2 is 1.88 bits per heavy atom. The Bertz CT molecular complexity index is 239. The van der Waals surface area contributed by atoms with Gasteiger partial charge in [0, 0.05) is 13.1 Å². The van der Waals surface area contributed by atoms with E-state index >= 15 is 0 Å². The molecule has 0 unspecified atom stereocenters. The predicted octanol–water partition coefficient (Wildman–Crippen LogP) is -1.05. The first-order valence-electron chi connectivity index (χ1n) is 5.26. The normalized spacial score (nSPS) is 17.9. The Morgan fingerprint density at radius 1 is 1.25 bits per heavy atom. The molecule has 0 spiro atoms. The highest BCUT2D eigenvalue weighted by Crippen LogP contribution is 1.99. The van der Waals surface area contributed by atoms with Crippen LogP contribution in [0.4, 0.5) is 0 Å². The molecule has 0 atom stereocenters. The van der Waals surface area contributed by atoms with Crippen LogP contribution < -0.4 is 0 Å². The molecule has 92 valence electrons. The molecular weight excluding hydrogens is 212 g/mol. The quantitative estimate of drug-likeness (QED) is 0.330. The Balaban J connectivity index is 2.08. The molecule has 1 heterocycles. The van der Waals surface area contributed by atoms with Gasteiger partial charge in [0.05, 0.1) is 26.3 Å². The number of morpholine rings is 1. The van der Waals surface area contributed by atoms with E-state index in [1.54, 1.807) is 4.90 Å². The zero-order chi connectivity index (χ0) is 12.0. The molecule has 6 heteroatoms. The molecule has 1 fully saturated rings. The smallest absolute Gasteiger partial charge is 0.327 e. The van der Waals surface area contributed by atoms with Crippen LogP contribution >= 0.6 is 0 Å². The maximum absolute atomic E-state index is 10.9. The van der Waals surface area contributed by atoms with E-state index < -0.39 is 11.9 Å². The van der Waals surface area contributed by atoms with Gasteiger partial charge in [0.1, 0.15) is 0 Å². The fraction of sp³-hybridized carbons (Fsp3) is 0.800. The fourth-order valence-electron chi connectivity index (χ4n) is 1.31. The van der Waals surface area contributed by atoms with Crippen molar-refractivity contribution in [1.82, 2.24) is 9.80 Å². The van der Waals surface area contributed by atoms with Crippen LogP contribution in [-0.4, -0.2) is 75.2 Å². The van der Waals surface area contributed by atoms with Crippen molar-refractivity contribution in [3.8, 4) is 0 Å². The van der Waals surface area contributed by atoms with Crippen molar-refractivity contribution in [2.45, 2.75) is 0 Å². The van der Waals surface area contributed by atoms with Gasteiger partial charge in [-0.25, -0.2) is 0 Å². The number of rotatable bonds is 6. The van der Waals surface area contributed by atoms with Crippen molar-refractivity contribution in [2.75, 3.05) is 53.5 Å². The molecule has 0 aromatic carbocycles. The molecule has 0 radical (unpaired) electrons. The minimum Gasteiger partial charge on any atom is -0.391 e. The number of hydrogen-bond donors (Lipinski definition) is 0. The first kappa shape index (κ1) is 13.1. The SMILES string of the molecule is CN(C)CCOCCN1CC(=O)OC(=O)C1. The molecule has 0 amide bonds. The van der Waals surface area contributed by atoms with Crippen LogP contribution in [0.2, 0.25) is 0 Å². The molecule has 0 aromatic rings. The maximum atomic E-state index is 10.9. The Hall–Kier alpha value is -0.980. The molecule has 0 saturated carbocycles. The van der Waals surface area contributed by atoms with Gasteiger partial charge in [-0.1, -0.05) is 0 Å². The van der Waals surface area contributed by atoms with Crippen LogP contribution in [-0.2, 0) is 19.1 Å². The van der Waals surface area contributed by atoms with E-state index in [2.05, 4.69) is 4.74 Å². The largest absolute Gasteiger partial charge is 0.391 e. The molecule has 0 aliphatic carbocycles. The molecule has 0 aromatic heterocycles. The lowest BCUT2D eigenvalue weighted by Gasteiger charge is -2.23. The third kappa shape index (κ3) is 5.20. The summed E-state index contributed by atoms with van der Waals surface area (Å²) in [5, 5.41) is 0. The summed E-state index contributed by atoms with van der Waals surface area (Å²) in [7, 11) is 3.95. The highest BCUT2D eigenvalue weighted by Gasteiger charge is 2.23. The van der Waals surface area contributed by atoms with Gasteiger partial charge in [-0.2, -0.15) is 0 Å². The molecule has 0 N–H and O–H groups in total. The van der Waals surface area contributed by atoms with Gasteiger partial charge in [-0.05, 0) is 14.1 Å². The Kier molecular flexibility index (Phi) is 5.37. The molecular formula is C10H18N2O4. The molecule has 1 rings (SSSR count). The number of carbonyl (C=O) groups is 2. The number of ether oxygens (including phenoxy) is 2. The third-order valence-corrected chi connectivity index (χ3v) is 2.17. The Labute approximate surface area is 95.1 Å². The molecule has 1 aliphatic rings. The fourth-order valence-corrected chi connectivity index (χ4v) is 1.31. The summed E-state index contributed by atoms with van der Waals surface area (Å²) >= 11 is 0. The van der Waals surface area contributed by atoms with Crippen molar-refractivity contribution in [3.05, 3.63) is 0 Å². The van der Waals surface area contributed by atoms with Crippen LogP contribution in [0.3, 0.4) is 0 Å². The highest BCUT2D eigenvalue weighted by atomic mass is 16.6. The number of cyclic esters (lactones) is 2. The first-order chi connectivity index (χ1) is 7.58. The van der Waals surface area contributed by atoms with Gasteiger partial charge in [0.2, 0.25) is 0 Å². The minimum atomic E-state index is -0.482. The molecule has 1 aliphatic heterocycles. The van der Waals surface area contributed by atoms with Gasteiger partial charge in [0.15, 0.2) is 0 Å². The standard InChI is InChI=1S/C10H18N2O4/c1-11(2)3-5-15-6-4-12-7-9(13)16-10(14)8-12/h3-8H2,1-2H3. The average molecular weight is 230 g/mol. The summed E-state index contributed by atoms with van der Waals surface area (Å²) in [5.74, 6) is -0.964. The van der Waals surface area contributed by atoms with E-state index in [0.717, 1.165) is 6.54 Å². The third-order valence-electron chi connectivity index (χ3n) is 2.17. The maximum Gasteiger partial charge on any atom is 0.327 e. The lowest BCUT2D eigenvalue weighted by molar-refractivity contribution is -0.167. The first-order valence-corrected chi connectivity index (χ1v) is 5.26. The van der Waals surface area contributed by atoms with E-state index in [9.17, 15) is 9.59 Å². The van der Waals surface area contributed by atoms with Gasteiger partial charge in [0.25, 0.3) is 0 Å². The topological polar surface area (TPSA) is 59.1 Å². The summed E-state index contributed by atoms with van der Waals surface area (Å²) < 4.78 is 9.78. The second-order valence-electron chi connectivity index (χ2n) is 3.97. The van der Waals surface area contributed by atoms with Crippen LogP contribution in [0.5, 0.6) is 0 Å². The zero-order valence-electron chi connectivity index (χ0n) is 9.77. The van der Waals surface area contributed by atoms with E-state index in [0.29, 0.717) is 19.8 Å². The lowest BCUT2D eigenvalue weighted by Crippen LogP contribution is -2.44. The van der Waals surface area contributed by atoms with Crippen molar-refractivity contribution >= 4 is 11.9 Å². The van der Waals surface area contributed by atoms with Crippen molar-refractivity contribution in [3.63, 3.8) is 0 Å². The average Bonchev–Trinajstić information content (AvgIpc) is 2.15. The van der Waals surface area contributed by atoms with Crippen LogP contribution in [0.15, 0.2) is 0 Å². The zero-order valence-corrected chi connectivity index (χ0v) is 9.77. The van der Waals surface area contributed by atoms with Crippen molar-refractivity contribution in [2.24, 2.45) is 0 Å². The predicted molar refractivity (Wildman–Crippen MR) is 56.9 cm³/mol. The second kappa shape index (κ2) is 6.57. The lowest BCUT2D eigenvalue weighted by atomic mass is 10.4. The van der Waals surface area contributed by atoms with E-state index in [1.807, 2.05) is 19.0 Å². The molecule has 0 bridgehead atoms. The van der Waals surface area contributed by atoms with Crippen molar-refractivity contribution in [1.29, 1.82) is 0 Å². The van der Waals surface area contributed by atoms with Gasteiger partial charge < -0.3 is 14.4 Å². The number of nitrogens with zero attached hydrogens (tertiary/aromatic N) is 2. The highest BCUT2D eigenvalue weighted by molar-refractivity contribution is 5.90. The Morgan fingerprint density at radius 3 is 2.44 bits per heavy atom. The van der Waals surface area contributed by atoms with E-state index in [-0.39, 0.29) is 13.1 Å². The van der Waals surface area contributed by atoms with Gasteiger partial charge in [-0.15, -0.1) is 0 Å². The summed E-state index contributed by atoms with van der Waals surface area (Å²) in [4.78, 5) is 25.6. The van der Waals surface area contributed by atoms with E-state index in [1.165, 1.54) is 0 Å². The van der Waals surface area contributed by atoms with Gasteiger partial charge >= 0.3 is 11.9 Å².